The number of rotatable bonds is 6. The maximum Gasteiger partial charge on any atom is 0.705 e. The molecular weight excluding hydrogens is 399 g/mol. The van der Waals surface area contributed by atoms with Crippen molar-refractivity contribution in [3.63, 3.8) is 0 Å². The van der Waals surface area contributed by atoms with Crippen LogP contribution in [0.5, 0.6) is 0 Å². The van der Waals surface area contributed by atoms with E-state index in [1.807, 2.05) is 0 Å². The molecule has 27 heavy (non-hydrogen) atoms. The molecule has 0 amide bonds. The van der Waals surface area contributed by atoms with E-state index >= 15 is 0 Å². The van der Waals surface area contributed by atoms with Crippen LogP contribution in [0.15, 0.2) is 0 Å². The Morgan fingerprint density at radius 1 is 0.741 bits per heavy atom. The predicted octanol–water partition coefficient (Wildman–Crippen LogP) is 3.11. The third-order valence-corrected chi connectivity index (χ3v) is 6.10. The summed E-state index contributed by atoms with van der Waals surface area (Å²) in [6.07, 6.45) is 0. The maximum absolute atomic E-state index is 14.0. The van der Waals surface area contributed by atoms with Crippen molar-refractivity contribution in [2.24, 2.45) is 0 Å². The van der Waals surface area contributed by atoms with Crippen LogP contribution in [-0.2, 0) is 27.7 Å². The molecule has 1 rings (SSSR count). The highest BCUT2D eigenvalue weighted by Crippen LogP contribution is 2.35. The van der Waals surface area contributed by atoms with Crippen LogP contribution in [0.3, 0.4) is 0 Å². The molecule has 12 heteroatoms. The largest absolute Gasteiger partial charge is 0.705 e. The molecule has 0 saturated heterocycles. The first-order valence-electron chi connectivity index (χ1n) is 7.41. The fourth-order valence-corrected chi connectivity index (χ4v) is 5.02. The summed E-state index contributed by atoms with van der Waals surface area (Å²) in [7, 11) is -4.55. The second-order valence-electron chi connectivity index (χ2n) is 5.55. The standard InChI is InChI=1S/C15H15F5O6Si/c1-6(10-11(16)13(18)15(20)14(19)12(10)17)5-27(24-7(2)21,25-8(3)22)26-9(4)23/h6H,5H2,1-4H3. The molecule has 1 unspecified atom stereocenters. The SMILES string of the molecule is CC(=O)O[Si](CC(C)c1c(F)c(F)c(F)c(F)c1F)(OC(C)=O)OC(C)=O. The van der Waals surface area contributed by atoms with E-state index in [4.69, 9.17) is 13.3 Å². The Morgan fingerprint density at radius 3 is 1.33 bits per heavy atom. The minimum atomic E-state index is -4.55. The number of hydrogen-bond donors (Lipinski definition) is 0. The van der Waals surface area contributed by atoms with Gasteiger partial charge in [-0.3, -0.25) is 14.4 Å². The Kier molecular flexibility index (Phi) is 7.06. The van der Waals surface area contributed by atoms with E-state index in [0.717, 1.165) is 27.7 Å². The lowest BCUT2D eigenvalue weighted by molar-refractivity contribution is -0.147. The first-order chi connectivity index (χ1) is 12.3. The van der Waals surface area contributed by atoms with Crippen molar-refractivity contribution in [2.75, 3.05) is 0 Å². The van der Waals surface area contributed by atoms with Crippen LogP contribution in [0.1, 0.15) is 39.2 Å². The van der Waals surface area contributed by atoms with Gasteiger partial charge in [-0.05, 0) is 5.92 Å². The summed E-state index contributed by atoms with van der Waals surface area (Å²) in [5.74, 6) is -15.6. The van der Waals surface area contributed by atoms with Crippen molar-refractivity contribution in [2.45, 2.75) is 39.7 Å². The van der Waals surface area contributed by atoms with Crippen molar-refractivity contribution in [3.8, 4) is 0 Å². The molecule has 6 nitrogen and oxygen atoms in total. The molecule has 0 aromatic heterocycles. The van der Waals surface area contributed by atoms with Gasteiger partial charge in [0.15, 0.2) is 23.3 Å². The van der Waals surface area contributed by atoms with Crippen molar-refractivity contribution < 1.29 is 49.6 Å². The molecule has 0 bridgehead atoms. The van der Waals surface area contributed by atoms with E-state index in [9.17, 15) is 36.3 Å². The van der Waals surface area contributed by atoms with Gasteiger partial charge in [0.2, 0.25) is 5.82 Å². The Labute approximate surface area is 151 Å². The van der Waals surface area contributed by atoms with Gasteiger partial charge in [0.05, 0.1) is 6.04 Å². The Hall–Kier alpha value is -2.50. The average molecular weight is 414 g/mol. The van der Waals surface area contributed by atoms with Gasteiger partial charge in [0, 0.05) is 26.3 Å². The van der Waals surface area contributed by atoms with E-state index in [1.54, 1.807) is 0 Å². The van der Waals surface area contributed by atoms with E-state index in [1.165, 1.54) is 0 Å². The lowest BCUT2D eigenvalue weighted by Gasteiger charge is -2.28. The first kappa shape index (κ1) is 22.5. The summed E-state index contributed by atoms with van der Waals surface area (Å²) in [5, 5.41) is 0. The smallest absolute Gasteiger partial charge is 0.455 e. The van der Waals surface area contributed by atoms with Crippen molar-refractivity contribution in [1.29, 1.82) is 0 Å². The van der Waals surface area contributed by atoms with Crippen molar-refractivity contribution in [1.82, 2.24) is 0 Å². The zero-order chi connectivity index (χ0) is 21.1. The van der Waals surface area contributed by atoms with Crippen molar-refractivity contribution in [3.05, 3.63) is 34.6 Å². The second-order valence-corrected chi connectivity index (χ2v) is 7.94. The summed E-state index contributed by atoms with van der Waals surface area (Å²) in [6, 6.07) is -0.801. The van der Waals surface area contributed by atoms with Crippen LogP contribution < -0.4 is 0 Å². The number of halogens is 5. The summed E-state index contributed by atoms with van der Waals surface area (Å²) in [5.41, 5.74) is -1.23. The highest BCUT2D eigenvalue weighted by Gasteiger charge is 2.53. The molecular formula is C15H15F5O6Si. The summed E-state index contributed by atoms with van der Waals surface area (Å²) < 4.78 is 82.5. The average Bonchev–Trinajstić information content (AvgIpc) is 2.48. The van der Waals surface area contributed by atoms with Crippen LogP contribution >= 0.6 is 0 Å². The topological polar surface area (TPSA) is 78.9 Å². The van der Waals surface area contributed by atoms with E-state index in [2.05, 4.69) is 0 Å². The quantitative estimate of drug-likeness (QED) is 0.308. The monoisotopic (exact) mass is 414 g/mol. The molecule has 0 aliphatic heterocycles. The van der Waals surface area contributed by atoms with Crippen LogP contribution in [0.2, 0.25) is 6.04 Å². The molecule has 0 saturated carbocycles. The van der Waals surface area contributed by atoms with E-state index < -0.39 is 73.3 Å². The Morgan fingerprint density at radius 2 is 1.04 bits per heavy atom. The van der Waals surface area contributed by atoms with Gasteiger partial charge in [-0.15, -0.1) is 0 Å². The molecule has 0 radical (unpaired) electrons. The van der Waals surface area contributed by atoms with Gasteiger partial charge in [-0.2, -0.15) is 0 Å². The van der Waals surface area contributed by atoms with Crippen molar-refractivity contribution >= 4 is 26.7 Å². The summed E-state index contributed by atoms with van der Waals surface area (Å²) >= 11 is 0. The molecule has 1 aromatic rings. The molecule has 0 fully saturated rings. The maximum atomic E-state index is 14.0. The van der Waals surface area contributed by atoms with E-state index in [-0.39, 0.29) is 0 Å². The van der Waals surface area contributed by atoms with Gasteiger partial charge in [0.25, 0.3) is 17.9 Å². The molecule has 0 N–H and O–H groups in total. The minimum Gasteiger partial charge on any atom is -0.455 e. The van der Waals surface area contributed by atoms with Crippen LogP contribution in [-0.4, -0.2) is 26.7 Å². The number of carbonyl (C=O) groups is 3. The predicted molar refractivity (Wildman–Crippen MR) is 80.5 cm³/mol. The summed E-state index contributed by atoms with van der Waals surface area (Å²) in [4.78, 5) is 34.0. The normalized spacial score (nSPS) is 12.3. The van der Waals surface area contributed by atoms with Crippen LogP contribution in [0.4, 0.5) is 22.0 Å². The molecule has 0 spiro atoms. The fourth-order valence-electron chi connectivity index (χ4n) is 2.38. The van der Waals surface area contributed by atoms with Gasteiger partial charge in [0.1, 0.15) is 0 Å². The second kappa shape index (κ2) is 8.46. The molecule has 1 aromatic carbocycles. The van der Waals surface area contributed by atoms with Gasteiger partial charge >= 0.3 is 8.80 Å². The third kappa shape index (κ3) is 5.25. The van der Waals surface area contributed by atoms with Gasteiger partial charge in [-0.1, -0.05) is 6.92 Å². The molecule has 1 atom stereocenters. The molecule has 0 heterocycles. The van der Waals surface area contributed by atoms with Gasteiger partial charge in [-0.25, -0.2) is 22.0 Å². The number of hydrogen-bond acceptors (Lipinski definition) is 6. The minimum absolute atomic E-state index is 0.801. The number of benzene rings is 1. The zero-order valence-corrected chi connectivity index (χ0v) is 15.6. The number of carbonyl (C=O) groups excluding carboxylic acids is 3. The molecule has 150 valence electrons. The van der Waals surface area contributed by atoms with Crippen LogP contribution in [0.25, 0.3) is 0 Å². The highest BCUT2D eigenvalue weighted by molar-refractivity contribution is 6.65. The molecule has 0 aliphatic rings. The lowest BCUT2D eigenvalue weighted by atomic mass is 10.0. The zero-order valence-electron chi connectivity index (χ0n) is 14.6. The Balaban J connectivity index is 3.46. The highest BCUT2D eigenvalue weighted by atomic mass is 28.4. The summed E-state index contributed by atoms with van der Waals surface area (Å²) in [6.45, 7) is 3.68. The molecule has 0 aliphatic carbocycles. The fraction of sp³-hybridized carbons (Fsp3) is 0.400. The first-order valence-corrected chi connectivity index (χ1v) is 9.34. The Bertz CT molecular complexity index is 715. The van der Waals surface area contributed by atoms with Crippen LogP contribution in [0, 0.1) is 29.1 Å². The van der Waals surface area contributed by atoms with E-state index in [0.29, 0.717) is 0 Å². The lowest BCUT2D eigenvalue weighted by Crippen LogP contribution is -2.50. The van der Waals surface area contributed by atoms with Gasteiger partial charge < -0.3 is 13.3 Å². The third-order valence-electron chi connectivity index (χ3n) is 3.19.